The molecule has 0 fully saturated rings. The van der Waals surface area contributed by atoms with Crippen LogP contribution < -0.4 is 0 Å². The van der Waals surface area contributed by atoms with Crippen LogP contribution in [0.15, 0.2) is 48.9 Å². The summed E-state index contributed by atoms with van der Waals surface area (Å²) in [7, 11) is 0. The third kappa shape index (κ3) is 2.35. The molecule has 0 spiro atoms. The fraction of sp³-hybridized carbons (Fsp3) is 0.200. The second-order valence-electron chi connectivity index (χ2n) is 4.63. The highest BCUT2D eigenvalue weighted by atomic mass is 16.3. The molecule has 1 N–H and O–H groups in total. The topological polar surface area (TPSA) is 50.9 Å². The summed E-state index contributed by atoms with van der Waals surface area (Å²) >= 11 is 0. The Morgan fingerprint density at radius 2 is 2.00 bits per heavy atom. The van der Waals surface area contributed by atoms with Crippen molar-refractivity contribution in [2.75, 3.05) is 0 Å². The molecule has 0 aliphatic rings. The Balaban J connectivity index is 1.86. The fourth-order valence-electron chi connectivity index (χ4n) is 2.12. The van der Waals surface area contributed by atoms with Gasteiger partial charge < -0.3 is 9.67 Å². The molecule has 0 amide bonds. The Kier molecular flexibility index (Phi) is 3.01. The molecule has 1 aromatic carbocycles. The van der Waals surface area contributed by atoms with E-state index in [1.54, 1.807) is 12.5 Å². The van der Waals surface area contributed by atoms with Crippen LogP contribution in [0.2, 0.25) is 0 Å². The number of aliphatic hydroxyl groups is 1. The van der Waals surface area contributed by atoms with Gasteiger partial charge >= 0.3 is 0 Å². The van der Waals surface area contributed by atoms with Gasteiger partial charge in [-0.05, 0) is 25.1 Å². The van der Waals surface area contributed by atoms with Gasteiger partial charge in [0.05, 0.1) is 30.0 Å². The third-order valence-electron chi connectivity index (χ3n) is 3.22. The Morgan fingerprint density at radius 3 is 2.79 bits per heavy atom. The first-order valence-corrected chi connectivity index (χ1v) is 6.24. The number of aliphatic hydroxyl groups excluding tert-OH is 1. The Labute approximate surface area is 111 Å². The van der Waals surface area contributed by atoms with Crippen molar-refractivity contribution < 1.29 is 5.11 Å². The summed E-state index contributed by atoms with van der Waals surface area (Å²) in [5.41, 5.74) is 3.74. The average molecular weight is 253 g/mol. The minimum atomic E-state index is -0.578. The predicted molar refractivity (Wildman–Crippen MR) is 73.7 cm³/mol. The molecule has 0 bridgehead atoms. The monoisotopic (exact) mass is 253 g/mol. The lowest BCUT2D eigenvalue weighted by Crippen LogP contribution is -2.08. The molecule has 1 atom stereocenters. The number of aryl methyl sites for hydroxylation is 1. The second-order valence-corrected chi connectivity index (χ2v) is 4.63. The van der Waals surface area contributed by atoms with E-state index >= 15 is 0 Å². The summed E-state index contributed by atoms with van der Waals surface area (Å²) in [4.78, 5) is 8.52. The lowest BCUT2D eigenvalue weighted by molar-refractivity contribution is 0.157. The highest BCUT2D eigenvalue weighted by molar-refractivity contribution is 5.74. The van der Waals surface area contributed by atoms with Crippen LogP contribution in [0.3, 0.4) is 0 Å². The first-order valence-electron chi connectivity index (χ1n) is 6.24. The van der Waals surface area contributed by atoms with Gasteiger partial charge in [0.25, 0.3) is 0 Å². The zero-order valence-corrected chi connectivity index (χ0v) is 10.7. The van der Waals surface area contributed by atoms with Gasteiger partial charge in [0.2, 0.25) is 0 Å². The molecule has 0 saturated heterocycles. The second kappa shape index (κ2) is 4.82. The molecule has 2 heterocycles. The van der Waals surface area contributed by atoms with E-state index in [0.717, 1.165) is 22.3 Å². The molecular weight excluding hydrogens is 238 g/mol. The third-order valence-corrected chi connectivity index (χ3v) is 3.22. The average Bonchev–Trinajstić information content (AvgIpc) is 2.83. The van der Waals surface area contributed by atoms with Gasteiger partial charge in [-0.2, -0.15) is 0 Å². The standard InChI is InChI=1S/C15H15N3O/c1-11-6-7-12(8-16-11)15(19)9-18-10-17-13-4-2-3-5-14(13)18/h2-8,10,15,19H,9H2,1H3. The van der Waals surface area contributed by atoms with Crippen molar-refractivity contribution in [2.24, 2.45) is 0 Å². The predicted octanol–water partition coefficient (Wildman–Crippen LogP) is 2.47. The van der Waals surface area contributed by atoms with E-state index < -0.39 is 6.10 Å². The summed E-state index contributed by atoms with van der Waals surface area (Å²) < 4.78 is 1.96. The first-order chi connectivity index (χ1) is 9.24. The maximum atomic E-state index is 10.3. The highest BCUT2D eigenvalue weighted by Crippen LogP contribution is 2.18. The van der Waals surface area contributed by atoms with E-state index in [9.17, 15) is 5.11 Å². The van der Waals surface area contributed by atoms with E-state index in [1.807, 2.05) is 47.9 Å². The van der Waals surface area contributed by atoms with E-state index in [0.29, 0.717) is 6.54 Å². The number of fused-ring (bicyclic) bond motifs is 1. The van der Waals surface area contributed by atoms with Gasteiger partial charge in [-0.1, -0.05) is 18.2 Å². The zero-order valence-electron chi connectivity index (χ0n) is 10.7. The number of rotatable bonds is 3. The van der Waals surface area contributed by atoms with Crippen molar-refractivity contribution in [3.8, 4) is 0 Å². The fourth-order valence-corrected chi connectivity index (χ4v) is 2.12. The van der Waals surface area contributed by atoms with Gasteiger partial charge in [-0.3, -0.25) is 4.98 Å². The van der Waals surface area contributed by atoms with Crippen molar-refractivity contribution in [2.45, 2.75) is 19.6 Å². The molecule has 0 aliphatic carbocycles. The molecule has 96 valence electrons. The van der Waals surface area contributed by atoms with Crippen LogP contribution >= 0.6 is 0 Å². The van der Waals surface area contributed by atoms with E-state index in [2.05, 4.69) is 9.97 Å². The smallest absolute Gasteiger partial charge is 0.0984 e. The number of imidazole rings is 1. The van der Waals surface area contributed by atoms with Crippen LogP contribution in [0.4, 0.5) is 0 Å². The molecule has 0 saturated carbocycles. The number of hydrogen-bond donors (Lipinski definition) is 1. The summed E-state index contributed by atoms with van der Waals surface area (Å²) in [5, 5.41) is 10.3. The van der Waals surface area contributed by atoms with Crippen molar-refractivity contribution in [1.29, 1.82) is 0 Å². The molecule has 3 aromatic rings. The zero-order chi connectivity index (χ0) is 13.2. The van der Waals surface area contributed by atoms with E-state index in [-0.39, 0.29) is 0 Å². The van der Waals surface area contributed by atoms with E-state index in [4.69, 9.17) is 0 Å². The molecule has 19 heavy (non-hydrogen) atoms. The van der Waals surface area contributed by atoms with Gasteiger partial charge in [0.1, 0.15) is 0 Å². The number of para-hydroxylation sites is 2. The Bertz CT molecular complexity index is 688. The van der Waals surface area contributed by atoms with Gasteiger partial charge in [-0.25, -0.2) is 4.98 Å². The van der Waals surface area contributed by atoms with Crippen LogP contribution in [0.25, 0.3) is 11.0 Å². The first kappa shape index (κ1) is 11.9. The Hall–Kier alpha value is -2.20. The van der Waals surface area contributed by atoms with Crippen molar-refractivity contribution in [1.82, 2.24) is 14.5 Å². The van der Waals surface area contributed by atoms with Crippen molar-refractivity contribution in [3.05, 3.63) is 60.2 Å². The molecule has 0 aliphatic heterocycles. The number of hydrogen-bond acceptors (Lipinski definition) is 3. The quantitative estimate of drug-likeness (QED) is 0.780. The molecule has 2 aromatic heterocycles. The minimum absolute atomic E-state index is 0.477. The summed E-state index contributed by atoms with van der Waals surface area (Å²) in [6, 6.07) is 11.7. The molecule has 4 heteroatoms. The normalized spacial score (nSPS) is 12.7. The largest absolute Gasteiger partial charge is 0.386 e. The molecule has 0 radical (unpaired) electrons. The lowest BCUT2D eigenvalue weighted by atomic mass is 10.1. The SMILES string of the molecule is Cc1ccc(C(O)Cn2cnc3ccccc32)cn1. The highest BCUT2D eigenvalue weighted by Gasteiger charge is 2.10. The molecule has 1 unspecified atom stereocenters. The maximum absolute atomic E-state index is 10.3. The van der Waals surface area contributed by atoms with Crippen LogP contribution in [-0.2, 0) is 6.54 Å². The summed E-state index contributed by atoms with van der Waals surface area (Å²) in [6.45, 7) is 2.41. The lowest BCUT2D eigenvalue weighted by Gasteiger charge is -2.12. The summed E-state index contributed by atoms with van der Waals surface area (Å²) in [5.74, 6) is 0. The maximum Gasteiger partial charge on any atom is 0.0984 e. The molecule has 3 rings (SSSR count). The van der Waals surface area contributed by atoms with Gasteiger partial charge in [0.15, 0.2) is 0 Å². The molecule has 4 nitrogen and oxygen atoms in total. The Morgan fingerprint density at radius 1 is 1.16 bits per heavy atom. The van der Waals surface area contributed by atoms with Gasteiger partial charge in [-0.15, -0.1) is 0 Å². The number of pyridine rings is 1. The number of benzene rings is 1. The molecular formula is C15H15N3O. The summed E-state index contributed by atoms with van der Waals surface area (Å²) in [6.07, 6.45) is 2.90. The van der Waals surface area contributed by atoms with Crippen molar-refractivity contribution in [3.63, 3.8) is 0 Å². The number of nitrogens with zero attached hydrogens (tertiary/aromatic N) is 3. The van der Waals surface area contributed by atoms with Crippen LogP contribution in [0.1, 0.15) is 17.4 Å². The number of aromatic nitrogens is 3. The van der Waals surface area contributed by atoms with Crippen LogP contribution in [0.5, 0.6) is 0 Å². The minimum Gasteiger partial charge on any atom is -0.386 e. The van der Waals surface area contributed by atoms with Crippen LogP contribution in [0, 0.1) is 6.92 Å². The van der Waals surface area contributed by atoms with Crippen LogP contribution in [-0.4, -0.2) is 19.6 Å². The van der Waals surface area contributed by atoms with E-state index in [1.165, 1.54) is 0 Å². The van der Waals surface area contributed by atoms with Crippen molar-refractivity contribution >= 4 is 11.0 Å². The van der Waals surface area contributed by atoms with Gasteiger partial charge in [0, 0.05) is 17.5 Å².